The first-order chi connectivity index (χ1) is 15.9. The lowest BCUT2D eigenvalue weighted by Crippen LogP contribution is -2.33. The molecule has 33 heavy (non-hydrogen) atoms. The van der Waals surface area contributed by atoms with Gasteiger partial charge in [-0.25, -0.2) is 0 Å². The van der Waals surface area contributed by atoms with E-state index in [4.69, 9.17) is 21.7 Å². The van der Waals surface area contributed by atoms with Gasteiger partial charge in [0.25, 0.3) is 11.5 Å². The molecule has 0 aliphatic carbocycles. The Kier molecular flexibility index (Phi) is 8.34. The number of fused-ring (bicyclic) bond motifs is 1. The zero-order valence-electron chi connectivity index (χ0n) is 18.5. The topological polar surface area (TPSA) is 114 Å². The fourth-order valence-corrected chi connectivity index (χ4v) is 3.52. The highest BCUT2D eigenvalue weighted by atomic mass is 32.1. The Balaban J connectivity index is 1.64. The molecule has 1 aromatic heterocycles. The standard InChI is InChI=1S/C23H26N4O5S/c1-3-32-17-8-6-16(7-9-17)25-20(28)14-24-21(29)15-5-10-18-19(13-15)26-23(33)27(22(18)30)11-4-12-31-2/h5-10,13H,3-4,11-12,14H2,1-2H3,(H,24,29)(H,25,28)(H,26,33). The van der Waals surface area contributed by atoms with Crippen LogP contribution in [0.3, 0.4) is 0 Å². The largest absolute Gasteiger partial charge is 0.494 e. The fraction of sp³-hybridized carbons (Fsp3) is 0.304. The van der Waals surface area contributed by atoms with Crippen molar-refractivity contribution in [2.45, 2.75) is 19.9 Å². The summed E-state index contributed by atoms with van der Waals surface area (Å²) in [4.78, 5) is 40.4. The zero-order chi connectivity index (χ0) is 23.8. The predicted molar refractivity (Wildman–Crippen MR) is 128 cm³/mol. The van der Waals surface area contributed by atoms with Crippen molar-refractivity contribution in [3.63, 3.8) is 0 Å². The first-order valence-electron chi connectivity index (χ1n) is 10.5. The summed E-state index contributed by atoms with van der Waals surface area (Å²) in [6, 6.07) is 11.6. The van der Waals surface area contributed by atoms with E-state index in [-0.39, 0.29) is 22.8 Å². The number of anilines is 1. The van der Waals surface area contributed by atoms with E-state index < -0.39 is 5.91 Å². The van der Waals surface area contributed by atoms with Crippen LogP contribution in [0.5, 0.6) is 5.75 Å². The highest BCUT2D eigenvalue weighted by Crippen LogP contribution is 2.15. The van der Waals surface area contributed by atoms with Crippen molar-refractivity contribution in [2.24, 2.45) is 0 Å². The number of carbonyl (C=O) groups excluding carboxylic acids is 2. The average molecular weight is 471 g/mol. The molecular formula is C23H26N4O5S. The van der Waals surface area contributed by atoms with E-state index in [1.54, 1.807) is 49.6 Å². The summed E-state index contributed by atoms with van der Waals surface area (Å²) in [6.45, 7) is 3.19. The predicted octanol–water partition coefficient (Wildman–Crippen LogP) is 2.86. The van der Waals surface area contributed by atoms with Gasteiger partial charge in [0.15, 0.2) is 4.77 Å². The molecule has 0 aliphatic heterocycles. The molecule has 1 heterocycles. The summed E-state index contributed by atoms with van der Waals surface area (Å²) in [5.41, 5.74) is 1.13. The quantitative estimate of drug-likeness (QED) is 0.310. The van der Waals surface area contributed by atoms with Crippen LogP contribution in [0, 0.1) is 4.77 Å². The van der Waals surface area contributed by atoms with Crippen molar-refractivity contribution in [2.75, 3.05) is 32.2 Å². The maximum atomic E-state index is 12.7. The first-order valence-corrected chi connectivity index (χ1v) is 10.9. The Morgan fingerprint density at radius 2 is 1.91 bits per heavy atom. The van der Waals surface area contributed by atoms with Gasteiger partial charge in [0.05, 0.1) is 24.1 Å². The molecule has 0 fully saturated rings. The average Bonchev–Trinajstić information content (AvgIpc) is 2.80. The SMILES string of the molecule is CCOc1ccc(NC(=O)CNC(=O)c2ccc3c(=O)n(CCCOC)c(=S)[nH]c3c2)cc1. The highest BCUT2D eigenvalue weighted by Gasteiger charge is 2.12. The molecule has 3 rings (SSSR count). The lowest BCUT2D eigenvalue weighted by atomic mass is 10.1. The second kappa shape index (κ2) is 11.4. The lowest BCUT2D eigenvalue weighted by molar-refractivity contribution is -0.115. The van der Waals surface area contributed by atoms with Crippen molar-refractivity contribution in [1.29, 1.82) is 0 Å². The minimum Gasteiger partial charge on any atom is -0.494 e. The molecule has 0 saturated heterocycles. The number of hydrogen-bond acceptors (Lipinski definition) is 6. The van der Waals surface area contributed by atoms with Gasteiger partial charge in [-0.3, -0.25) is 19.0 Å². The van der Waals surface area contributed by atoms with Gasteiger partial charge in [0.2, 0.25) is 5.91 Å². The Morgan fingerprint density at radius 1 is 1.15 bits per heavy atom. The first kappa shape index (κ1) is 24.1. The molecule has 10 heteroatoms. The van der Waals surface area contributed by atoms with Gasteiger partial charge in [-0.15, -0.1) is 0 Å². The van der Waals surface area contributed by atoms with Crippen LogP contribution in [0.15, 0.2) is 47.3 Å². The Bertz CT molecular complexity index is 1250. The zero-order valence-corrected chi connectivity index (χ0v) is 19.3. The normalized spacial score (nSPS) is 10.7. The number of amides is 2. The summed E-state index contributed by atoms with van der Waals surface area (Å²) in [6.07, 6.45) is 0.651. The Hall–Kier alpha value is -3.50. The third-order valence-corrected chi connectivity index (χ3v) is 5.16. The molecule has 0 aliphatic rings. The van der Waals surface area contributed by atoms with Gasteiger partial charge in [-0.2, -0.15) is 0 Å². The van der Waals surface area contributed by atoms with Crippen LogP contribution in [0.25, 0.3) is 10.9 Å². The van der Waals surface area contributed by atoms with Crippen LogP contribution in [0.2, 0.25) is 0 Å². The number of rotatable bonds is 10. The van der Waals surface area contributed by atoms with Gasteiger partial charge >= 0.3 is 0 Å². The van der Waals surface area contributed by atoms with Gasteiger partial charge in [-0.1, -0.05) is 0 Å². The second-order valence-corrected chi connectivity index (χ2v) is 7.57. The van der Waals surface area contributed by atoms with Crippen molar-refractivity contribution < 1.29 is 19.1 Å². The number of methoxy groups -OCH3 is 1. The molecule has 2 aromatic carbocycles. The number of nitrogens with one attached hydrogen (secondary N) is 3. The van der Waals surface area contributed by atoms with E-state index in [1.165, 1.54) is 4.57 Å². The summed E-state index contributed by atoms with van der Waals surface area (Å²) >= 11 is 5.30. The van der Waals surface area contributed by atoms with Crippen LogP contribution >= 0.6 is 12.2 Å². The van der Waals surface area contributed by atoms with E-state index >= 15 is 0 Å². The summed E-state index contributed by atoms with van der Waals surface area (Å²) in [5, 5.41) is 5.71. The molecule has 0 saturated carbocycles. The highest BCUT2D eigenvalue weighted by molar-refractivity contribution is 7.71. The third kappa shape index (κ3) is 6.27. The summed E-state index contributed by atoms with van der Waals surface area (Å²) in [7, 11) is 1.60. The van der Waals surface area contributed by atoms with Gasteiger partial charge < -0.3 is 25.1 Å². The van der Waals surface area contributed by atoms with Crippen molar-refractivity contribution >= 4 is 40.6 Å². The summed E-state index contributed by atoms with van der Waals surface area (Å²) < 4.78 is 12.1. The molecule has 3 N–H and O–H groups in total. The number of benzene rings is 2. The molecule has 3 aromatic rings. The molecule has 0 atom stereocenters. The third-order valence-electron chi connectivity index (χ3n) is 4.83. The summed E-state index contributed by atoms with van der Waals surface area (Å²) in [5.74, 6) is -0.102. The van der Waals surface area contributed by atoms with E-state index in [2.05, 4.69) is 15.6 Å². The maximum Gasteiger partial charge on any atom is 0.262 e. The molecule has 174 valence electrons. The van der Waals surface area contributed by atoms with E-state index in [0.29, 0.717) is 54.1 Å². The number of H-pyrrole nitrogens is 1. The van der Waals surface area contributed by atoms with Crippen LogP contribution in [0.1, 0.15) is 23.7 Å². The van der Waals surface area contributed by atoms with Gasteiger partial charge in [-0.05, 0) is 68.0 Å². The molecular weight excluding hydrogens is 444 g/mol. The minimum atomic E-state index is -0.442. The smallest absolute Gasteiger partial charge is 0.262 e. The fourth-order valence-electron chi connectivity index (χ4n) is 3.23. The van der Waals surface area contributed by atoms with Crippen molar-refractivity contribution in [1.82, 2.24) is 14.9 Å². The van der Waals surface area contributed by atoms with E-state index in [1.807, 2.05) is 6.92 Å². The number of ether oxygens (including phenoxy) is 2. The number of carbonyl (C=O) groups is 2. The number of aromatic amines is 1. The van der Waals surface area contributed by atoms with Gasteiger partial charge in [0, 0.05) is 31.5 Å². The van der Waals surface area contributed by atoms with Crippen molar-refractivity contribution in [3.8, 4) is 5.75 Å². The van der Waals surface area contributed by atoms with Crippen LogP contribution < -0.4 is 20.9 Å². The number of nitrogens with zero attached hydrogens (tertiary/aromatic N) is 1. The van der Waals surface area contributed by atoms with Crippen LogP contribution in [0.4, 0.5) is 5.69 Å². The maximum absolute atomic E-state index is 12.7. The molecule has 0 bridgehead atoms. The van der Waals surface area contributed by atoms with Crippen LogP contribution in [-0.4, -0.2) is 48.2 Å². The molecule has 0 unspecified atom stereocenters. The monoisotopic (exact) mass is 470 g/mol. The molecule has 9 nitrogen and oxygen atoms in total. The number of hydrogen-bond donors (Lipinski definition) is 3. The second-order valence-electron chi connectivity index (χ2n) is 7.18. The Labute approximate surface area is 195 Å². The Morgan fingerprint density at radius 3 is 2.61 bits per heavy atom. The van der Waals surface area contributed by atoms with E-state index in [9.17, 15) is 14.4 Å². The van der Waals surface area contributed by atoms with Crippen molar-refractivity contribution in [3.05, 3.63) is 63.2 Å². The minimum absolute atomic E-state index is 0.207. The van der Waals surface area contributed by atoms with E-state index in [0.717, 1.165) is 0 Å². The molecule has 0 spiro atoms. The van der Waals surface area contributed by atoms with Crippen LogP contribution in [-0.2, 0) is 16.1 Å². The van der Waals surface area contributed by atoms with Gasteiger partial charge in [0.1, 0.15) is 5.75 Å². The number of aromatic nitrogens is 2. The molecule has 2 amide bonds. The lowest BCUT2D eigenvalue weighted by Gasteiger charge is -2.10. The molecule has 0 radical (unpaired) electrons.